The molecule has 1 fully saturated rings. The fourth-order valence-corrected chi connectivity index (χ4v) is 2.35. The van der Waals surface area contributed by atoms with Crippen molar-refractivity contribution in [1.29, 1.82) is 0 Å². The highest BCUT2D eigenvalue weighted by Gasteiger charge is 2.21. The van der Waals surface area contributed by atoms with Crippen LogP contribution in [0.3, 0.4) is 0 Å². The summed E-state index contributed by atoms with van der Waals surface area (Å²) in [7, 11) is -2.34. The first kappa shape index (κ1) is 11.5. The van der Waals surface area contributed by atoms with Gasteiger partial charge in [0.15, 0.2) is 10.7 Å². The second kappa shape index (κ2) is 5.31. The predicted molar refractivity (Wildman–Crippen MR) is 51.7 cm³/mol. The summed E-state index contributed by atoms with van der Waals surface area (Å²) >= 11 is 0. The van der Waals surface area contributed by atoms with Crippen molar-refractivity contribution < 1.29 is 18.3 Å². The smallest absolute Gasteiger partial charge is 0.303 e. The highest BCUT2D eigenvalue weighted by Crippen LogP contribution is 2.19. The number of nitrogens with zero attached hydrogens (tertiary/aromatic N) is 1. The Morgan fingerprint density at radius 3 is 2.36 bits per heavy atom. The summed E-state index contributed by atoms with van der Waals surface area (Å²) < 4.78 is 20.9. The van der Waals surface area contributed by atoms with E-state index in [0.717, 1.165) is 12.8 Å². The van der Waals surface area contributed by atoms with Crippen LogP contribution in [0.4, 0.5) is 0 Å². The van der Waals surface area contributed by atoms with Crippen molar-refractivity contribution in [3.8, 4) is 0 Å². The lowest BCUT2D eigenvalue weighted by atomic mass is 9.94. The van der Waals surface area contributed by atoms with Crippen molar-refractivity contribution in [2.24, 2.45) is 5.92 Å². The van der Waals surface area contributed by atoms with E-state index in [2.05, 4.69) is 0 Å². The normalized spacial score (nSPS) is 20.1. The van der Waals surface area contributed by atoms with Gasteiger partial charge in [-0.15, -0.1) is 0 Å². The highest BCUT2D eigenvalue weighted by molar-refractivity contribution is 7.72. The van der Waals surface area contributed by atoms with Crippen molar-refractivity contribution in [3.05, 3.63) is 0 Å². The zero-order chi connectivity index (χ0) is 10.6. The standard InChI is InChI=1S/C8H15NO4S/c10-8(11)5-7-1-3-9(4-2-7)6-14(12)13/h7,14H,1-6H2,(H,10,11). The van der Waals surface area contributed by atoms with Gasteiger partial charge in [0.25, 0.3) is 0 Å². The van der Waals surface area contributed by atoms with E-state index < -0.39 is 16.7 Å². The Labute approximate surface area is 84.7 Å². The molecule has 6 heteroatoms. The summed E-state index contributed by atoms with van der Waals surface area (Å²) in [6.45, 7) is 1.39. The summed E-state index contributed by atoms with van der Waals surface area (Å²) in [5, 5.41) is 8.57. The molecule has 0 amide bonds. The maximum absolute atomic E-state index is 10.4. The second-order valence-corrected chi connectivity index (χ2v) is 4.58. The molecule has 5 nitrogen and oxygen atoms in total. The minimum absolute atomic E-state index is 0.106. The van der Waals surface area contributed by atoms with E-state index >= 15 is 0 Å². The van der Waals surface area contributed by atoms with Gasteiger partial charge in [0.2, 0.25) is 0 Å². The van der Waals surface area contributed by atoms with Gasteiger partial charge in [-0.05, 0) is 31.8 Å². The second-order valence-electron chi connectivity index (χ2n) is 3.63. The maximum atomic E-state index is 10.4. The van der Waals surface area contributed by atoms with Crippen LogP contribution < -0.4 is 0 Å². The molecule has 1 saturated heterocycles. The number of carboxylic acid groups (broad SMARTS) is 1. The van der Waals surface area contributed by atoms with Gasteiger partial charge in [-0.3, -0.25) is 9.69 Å². The van der Waals surface area contributed by atoms with Crippen LogP contribution in [0, 0.1) is 5.92 Å². The van der Waals surface area contributed by atoms with Gasteiger partial charge < -0.3 is 5.11 Å². The van der Waals surface area contributed by atoms with Gasteiger partial charge in [-0.2, -0.15) is 0 Å². The van der Waals surface area contributed by atoms with E-state index in [1.54, 1.807) is 0 Å². The fourth-order valence-electron chi connectivity index (χ4n) is 1.74. The average Bonchev–Trinajstić information content (AvgIpc) is 2.06. The quantitative estimate of drug-likeness (QED) is 0.640. The molecule has 0 unspecified atom stereocenters. The van der Waals surface area contributed by atoms with Crippen molar-refractivity contribution >= 4 is 16.7 Å². The number of piperidine rings is 1. The summed E-state index contributed by atoms with van der Waals surface area (Å²) in [5.74, 6) is -0.443. The van der Waals surface area contributed by atoms with Gasteiger partial charge in [-0.25, -0.2) is 8.42 Å². The SMILES string of the molecule is O=C(O)CC1CCN(C[SH](=O)=O)CC1. The molecule has 0 aromatic rings. The Morgan fingerprint density at radius 1 is 1.36 bits per heavy atom. The average molecular weight is 221 g/mol. The molecule has 1 aliphatic rings. The van der Waals surface area contributed by atoms with Gasteiger partial charge in [-0.1, -0.05) is 0 Å². The van der Waals surface area contributed by atoms with Crippen LogP contribution in [0.15, 0.2) is 0 Å². The first-order valence-electron chi connectivity index (χ1n) is 4.64. The molecule has 0 aliphatic carbocycles. The molecule has 82 valence electrons. The summed E-state index contributed by atoms with van der Waals surface area (Å²) in [6.07, 6.45) is 1.78. The Balaban J connectivity index is 2.27. The summed E-state index contributed by atoms with van der Waals surface area (Å²) in [6, 6.07) is 0. The third-order valence-corrected chi connectivity index (χ3v) is 3.12. The zero-order valence-corrected chi connectivity index (χ0v) is 8.78. The number of carbonyl (C=O) groups is 1. The monoisotopic (exact) mass is 221 g/mol. The number of rotatable bonds is 4. The van der Waals surface area contributed by atoms with Crippen LogP contribution in [-0.2, 0) is 15.5 Å². The summed E-state index contributed by atoms with van der Waals surface area (Å²) in [4.78, 5) is 12.3. The third kappa shape index (κ3) is 4.06. The van der Waals surface area contributed by atoms with E-state index in [-0.39, 0.29) is 18.2 Å². The molecule has 0 aromatic carbocycles. The molecular weight excluding hydrogens is 206 g/mol. The third-order valence-electron chi connectivity index (χ3n) is 2.49. The fraction of sp³-hybridized carbons (Fsp3) is 0.875. The number of aliphatic carboxylic acids is 1. The lowest BCUT2D eigenvalue weighted by Crippen LogP contribution is -2.35. The number of hydrogen-bond donors (Lipinski definition) is 2. The molecule has 0 radical (unpaired) electrons. The van der Waals surface area contributed by atoms with E-state index in [1.807, 2.05) is 4.90 Å². The Bertz CT molecular complexity index is 261. The van der Waals surface area contributed by atoms with Gasteiger partial charge >= 0.3 is 5.97 Å². The van der Waals surface area contributed by atoms with Gasteiger partial charge in [0.1, 0.15) is 0 Å². The Kier molecular flexibility index (Phi) is 4.34. The van der Waals surface area contributed by atoms with Crippen molar-refractivity contribution in [1.82, 2.24) is 4.90 Å². The van der Waals surface area contributed by atoms with Crippen molar-refractivity contribution in [2.45, 2.75) is 19.3 Å². The number of likely N-dealkylation sites (tertiary alicyclic amines) is 1. The number of thiol groups is 1. The van der Waals surface area contributed by atoms with Crippen molar-refractivity contribution in [3.63, 3.8) is 0 Å². The predicted octanol–water partition coefficient (Wildman–Crippen LogP) is -0.258. The van der Waals surface area contributed by atoms with E-state index in [1.165, 1.54) is 0 Å². The first-order valence-corrected chi connectivity index (χ1v) is 6.00. The van der Waals surface area contributed by atoms with E-state index in [4.69, 9.17) is 5.11 Å². The molecule has 14 heavy (non-hydrogen) atoms. The van der Waals surface area contributed by atoms with Crippen LogP contribution >= 0.6 is 0 Å². The van der Waals surface area contributed by atoms with E-state index in [9.17, 15) is 13.2 Å². The largest absolute Gasteiger partial charge is 0.481 e. The molecule has 0 saturated carbocycles. The summed E-state index contributed by atoms with van der Waals surface area (Å²) in [5.41, 5.74) is 0. The first-order chi connectivity index (χ1) is 6.58. The molecule has 0 aromatic heterocycles. The van der Waals surface area contributed by atoms with Crippen molar-refractivity contribution in [2.75, 3.05) is 19.0 Å². The van der Waals surface area contributed by atoms with Crippen LogP contribution in [-0.4, -0.2) is 43.4 Å². The molecule has 1 N–H and O–H groups in total. The molecular formula is C8H15NO4S. The molecule has 1 heterocycles. The lowest BCUT2D eigenvalue weighted by molar-refractivity contribution is -0.138. The minimum atomic E-state index is -2.34. The molecule has 0 spiro atoms. The zero-order valence-electron chi connectivity index (χ0n) is 7.89. The molecule has 0 bridgehead atoms. The van der Waals surface area contributed by atoms with E-state index in [0.29, 0.717) is 13.1 Å². The minimum Gasteiger partial charge on any atom is -0.481 e. The molecule has 1 rings (SSSR count). The molecule has 0 atom stereocenters. The van der Waals surface area contributed by atoms with Crippen LogP contribution in [0.25, 0.3) is 0 Å². The maximum Gasteiger partial charge on any atom is 0.303 e. The van der Waals surface area contributed by atoms with Crippen LogP contribution in [0.5, 0.6) is 0 Å². The van der Waals surface area contributed by atoms with Gasteiger partial charge in [0.05, 0.1) is 5.88 Å². The topological polar surface area (TPSA) is 74.7 Å². The Hall–Kier alpha value is -0.620. The van der Waals surface area contributed by atoms with Crippen LogP contribution in [0.1, 0.15) is 19.3 Å². The Morgan fingerprint density at radius 2 is 1.93 bits per heavy atom. The van der Waals surface area contributed by atoms with Crippen LogP contribution in [0.2, 0.25) is 0 Å². The number of hydrogen-bond acceptors (Lipinski definition) is 4. The van der Waals surface area contributed by atoms with Gasteiger partial charge in [0, 0.05) is 6.42 Å². The lowest BCUT2D eigenvalue weighted by Gasteiger charge is -2.29. The highest BCUT2D eigenvalue weighted by atomic mass is 32.2. The molecule has 1 aliphatic heterocycles. The number of carboxylic acids is 1.